The van der Waals surface area contributed by atoms with E-state index in [-0.39, 0.29) is 6.10 Å². The van der Waals surface area contributed by atoms with Gasteiger partial charge >= 0.3 is 0 Å². The number of nitrogens with zero attached hydrogens (tertiary/aromatic N) is 2. The van der Waals surface area contributed by atoms with Crippen molar-refractivity contribution >= 4 is 0 Å². The largest absolute Gasteiger partial charge is 0.385 e. The molecule has 14 heavy (non-hydrogen) atoms. The Morgan fingerprint density at radius 1 is 1.71 bits per heavy atom. The van der Waals surface area contributed by atoms with E-state index in [1.54, 1.807) is 7.11 Å². The predicted molar refractivity (Wildman–Crippen MR) is 52.0 cm³/mol. The maximum Gasteiger partial charge on any atom is 0.137 e. The summed E-state index contributed by atoms with van der Waals surface area (Å²) in [5.74, 6) is 0.822. The number of fused-ring (bicyclic) bond motifs is 1. The lowest BCUT2D eigenvalue weighted by Gasteiger charge is -2.18. The van der Waals surface area contributed by atoms with E-state index in [4.69, 9.17) is 4.74 Å². The van der Waals surface area contributed by atoms with Crippen LogP contribution in [0.1, 0.15) is 30.5 Å². The Morgan fingerprint density at radius 3 is 3.29 bits per heavy atom. The van der Waals surface area contributed by atoms with E-state index in [1.165, 1.54) is 0 Å². The number of aliphatic hydroxyl groups is 1. The van der Waals surface area contributed by atoms with Crippen LogP contribution < -0.4 is 0 Å². The Hall–Kier alpha value is -0.870. The van der Waals surface area contributed by atoms with Crippen molar-refractivity contribution < 1.29 is 9.84 Å². The Morgan fingerprint density at radius 2 is 2.57 bits per heavy atom. The molecule has 1 aliphatic heterocycles. The van der Waals surface area contributed by atoms with Crippen molar-refractivity contribution in [3.05, 3.63) is 17.7 Å². The van der Waals surface area contributed by atoms with E-state index >= 15 is 0 Å². The van der Waals surface area contributed by atoms with Gasteiger partial charge in [0.25, 0.3) is 0 Å². The first-order chi connectivity index (χ1) is 6.81. The number of imidazole rings is 1. The van der Waals surface area contributed by atoms with Crippen LogP contribution in [0, 0.1) is 0 Å². The van der Waals surface area contributed by atoms with Crippen molar-refractivity contribution in [2.75, 3.05) is 13.7 Å². The molecule has 1 unspecified atom stereocenters. The minimum Gasteiger partial charge on any atom is -0.385 e. The van der Waals surface area contributed by atoms with Crippen molar-refractivity contribution in [3.63, 3.8) is 0 Å². The molecular weight excluding hydrogens is 180 g/mol. The SMILES string of the molecule is COCCc1cn2c(n1)C(O)CCC2. The Kier molecular flexibility index (Phi) is 2.84. The van der Waals surface area contributed by atoms with Gasteiger partial charge in [-0.3, -0.25) is 0 Å². The quantitative estimate of drug-likeness (QED) is 0.781. The van der Waals surface area contributed by atoms with Gasteiger partial charge in [0.1, 0.15) is 11.9 Å². The van der Waals surface area contributed by atoms with Gasteiger partial charge in [-0.2, -0.15) is 0 Å². The third-order valence-corrected chi connectivity index (χ3v) is 2.59. The van der Waals surface area contributed by atoms with Crippen LogP contribution in [0.15, 0.2) is 6.20 Å². The summed E-state index contributed by atoms with van der Waals surface area (Å²) in [5, 5.41) is 9.69. The van der Waals surface area contributed by atoms with E-state index in [2.05, 4.69) is 9.55 Å². The van der Waals surface area contributed by atoms with Gasteiger partial charge in [0.05, 0.1) is 12.3 Å². The Labute approximate surface area is 83.5 Å². The van der Waals surface area contributed by atoms with Crippen LogP contribution in [0.5, 0.6) is 0 Å². The summed E-state index contributed by atoms with van der Waals surface area (Å²) in [5.41, 5.74) is 1.02. The maximum absolute atomic E-state index is 9.69. The second kappa shape index (κ2) is 4.11. The number of ether oxygens (including phenoxy) is 1. The standard InChI is InChI=1S/C10H16N2O2/c1-14-6-4-8-7-12-5-2-3-9(13)10(12)11-8/h7,9,13H,2-6H2,1H3. The average Bonchev–Trinajstić information content (AvgIpc) is 2.59. The number of aliphatic hydroxyl groups excluding tert-OH is 1. The summed E-state index contributed by atoms with van der Waals surface area (Å²) < 4.78 is 7.05. The third kappa shape index (κ3) is 1.81. The third-order valence-electron chi connectivity index (χ3n) is 2.59. The van der Waals surface area contributed by atoms with E-state index in [1.807, 2.05) is 6.20 Å². The van der Waals surface area contributed by atoms with Gasteiger partial charge in [-0.05, 0) is 12.8 Å². The van der Waals surface area contributed by atoms with E-state index in [9.17, 15) is 5.11 Å². The second-order valence-corrected chi connectivity index (χ2v) is 3.68. The molecule has 2 heterocycles. The minimum atomic E-state index is -0.375. The van der Waals surface area contributed by atoms with Crippen LogP contribution in [0.25, 0.3) is 0 Å². The fourth-order valence-corrected chi connectivity index (χ4v) is 1.84. The number of methoxy groups -OCH3 is 1. The van der Waals surface area contributed by atoms with Crippen LogP contribution in [-0.4, -0.2) is 28.4 Å². The summed E-state index contributed by atoms with van der Waals surface area (Å²) in [4.78, 5) is 4.40. The first-order valence-corrected chi connectivity index (χ1v) is 5.04. The molecule has 0 aromatic carbocycles. The van der Waals surface area contributed by atoms with Gasteiger partial charge in [0.2, 0.25) is 0 Å². The fourth-order valence-electron chi connectivity index (χ4n) is 1.84. The first-order valence-electron chi connectivity index (χ1n) is 5.04. The molecule has 0 spiro atoms. The number of aromatic nitrogens is 2. The van der Waals surface area contributed by atoms with Crippen LogP contribution >= 0.6 is 0 Å². The van der Waals surface area contributed by atoms with E-state index in [0.717, 1.165) is 37.3 Å². The molecule has 0 fully saturated rings. The minimum absolute atomic E-state index is 0.375. The zero-order chi connectivity index (χ0) is 9.97. The lowest BCUT2D eigenvalue weighted by atomic mass is 10.1. The van der Waals surface area contributed by atoms with Crippen LogP contribution in [-0.2, 0) is 17.7 Å². The molecule has 1 aromatic heterocycles. The van der Waals surface area contributed by atoms with Crippen LogP contribution in [0.4, 0.5) is 0 Å². The predicted octanol–water partition coefficient (Wildman–Crippen LogP) is 0.899. The average molecular weight is 196 g/mol. The first kappa shape index (κ1) is 9.68. The number of aryl methyl sites for hydroxylation is 1. The zero-order valence-corrected chi connectivity index (χ0v) is 8.44. The molecule has 0 aliphatic carbocycles. The highest BCUT2D eigenvalue weighted by molar-refractivity contribution is 5.08. The normalized spacial score (nSPS) is 20.9. The van der Waals surface area contributed by atoms with Crippen LogP contribution in [0.2, 0.25) is 0 Å². The molecule has 0 saturated carbocycles. The molecule has 1 aliphatic rings. The maximum atomic E-state index is 9.69. The van der Waals surface area contributed by atoms with Gasteiger partial charge in [-0.25, -0.2) is 4.98 Å². The van der Waals surface area contributed by atoms with Gasteiger partial charge in [0, 0.05) is 26.3 Å². The molecule has 1 atom stereocenters. The molecule has 1 aromatic rings. The number of rotatable bonds is 3. The molecule has 78 valence electrons. The van der Waals surface area contributed by atoms with Gasteiger partial charge < -0.3 is 14.4 Å². The highest BCUT2D eigenvalue weighted by atomic mass is 16.5. The highest BCUT2D eigenvalue weighted by Crippen LogP contribution is 2.23. The Bertz CT molecular complexity index is 309. The summed E-state index contributed by atoms with van der Waals surface area (Å²) in [7, 11) is 1.69. The van der Waals surface area contributed by atoms with Crippen molar-refractivity contribution in [1.29, 1.82) is 0 Å². The summed E-state index contributed by atoms with van der Waals surface area (Å²) >= 11 is 0. The lowest BCUT2D eigenvalue weighted by molar-refractivity contribution is 0.133. The molecule has 0 saturated heterocycles. The molecule has 2 rings (SSSR count). The summed E-state index contributed by atoms with van der Waals surface area (Å²) in [6, 6.07) is 0. The van der Waals surface area contributed by atoms with Crippen molar-refractivity contribution in [3.8, 4) is 0 Å². The molecule has 4 heteroatoms. The molecule has 0 radical (unpaired) electrons. The van der Waals surface area contributed by atoms with Crippen molar-refractivity contribution in [1.82, 2.24) is 9.55 Å². The van der Waals surface area contributed by atoms with Gasteiger partial charge in [-0.1, -0.05) is 0 Å². The molecule has 0 bridgehead atoms. The summed E-state index contributed by atoms with van der Waals surface area (Å²) in [6.45, 7) is 1.67. The van der Waals surface area contributed by atoms with Crippen molar-refractivity contribution in [2.45, 2.75) is 31.9 Å². The Balaban J connectivity index is 2.13. The fraction of sp³-hybridized carbons (Fsp3) is 0.700. The topological polar surface area (TPSA) is 47.3 Å². The van der Waals surface area contributed by atoms with Crippen molar-refractivity contribution in [2.24, 2.45) is 0 Å². The number of hydrogen-bond donors (Lipinski definition) is 1. The monoisotopic (exact) mass is 196 g/mol. The lowest BCUT2D eigenvalue weighted by Crippen LogP contribution is -2.14. The van der Waals surface area contributed by atoms with E-state index in [0.29, 0.717) is 6.61 Å². The smallest absolute Gasteiger partial charge is 0.137 e. The molecular formula is C10H16N2O2. The van der Waals surface area contributed by atoms with Gasteiger partial charge in [0.15, 0.2) is 0 Å². The number of hydrogen-bond acceptors (Lipinski definition) is 3. The highest BCUT2D eigenvalue weighted by Gasteiger charge is 2.20. The van der Waals surface area contributed by atoms with Crippen LogP contribution in [0.3, 0.4) is 0 Å². The second-order valence-electron chi connectivity index (χ2n) is 3.68. The van der Waals surface area contributed by atoms with Gasteiger partial charge in [-0.15, -0.1) is 0 Å². The molecule has 1 N–H and O–H groups in total. The molecule has 4 nitrogen and oxygen atoms in total. The van der Waals surface area contributed by atoms with E-state index < -0.39 is 0 Å². The molecule has 0 amide bonds. The summed E-state index contributed by atoms with van der Waals surface area (Å²) in [6.07, 6.45) is 4.34. The zero-order valence-electron chi connectivity index (χ0n) is 8.44.